The lowest BCUT2D eigenvalue weighted by Gasteiger charge is -2.19. The standard InChI is InChI=1S/C12H16ClNO2/c1-7(2)10-6-5-9(11(13)15)12(16)14(10)8(3)4/h5-8H,1-4H3. The van der Waals surface area contributed by atoms with Crippen molar-refractivity contribution in [1.29, 1.82) is 0 Å². The van der Waals surface area contributed by atoms with E-state index in [-0.39, 0.29) is 23.1 Å². The molecule has 0 amide bonds. The first-order chi connectivity index (χ1) is 7.36. The Morgan fingerprint density at radius 2 is 1.81 bits per heavy atom. The van der Waals surface area contributed by atoms with Gasteiger partial charge in [-0.25, -0.2) is 0 Å². The Labute approximate surface area is 100 Å². The molecule has 16 heavy (non-hydrogen) atoms. The van der Waals surface area contributed by atoms with E-state index in [1.165, 1.54) is 6.07 Å². The molecule has 0 spiro atoms. The molecule has 0 atom stereocenters. The first-order valence-corrected chi connectivity index (χ1v) is 5.69. The van der Waals surface area contributed by atoms with Gasteiger partial charge in [0.25, 0.3) is 10.8 Å². The van der Waals surface area contributed by atoms with Crippen LogP contribution in [0.2, 0.25) is 0 Å². The number of nitrogens with zero attached hydrogens (tertiary/aromatic N) is 1. The van der Waals surface area contributed by atoms with E-state index < -0.39 is 5.24 Å². The highest BCUT2D eigenvalue weighted by Gasteiger charge is 2.16. The molecule has 0 aliphatic carbocycles. The third kappa shape index (κ3) is 2.35. The van der Waals surface area contributed by atoms with E-state index in [1.807, 2.05) is 27.7 Å². The van der Waals surface area contributed by atoms with Crippen LogP contribution in [0.5, 0.6) is 0 Å². The van der Waals surface area contributed by atoms with E-state index in [1.54, 1.807) is 10.6 Å². The molecule has 1 aromatic heterocycles. The van der Waals surface area contributed by atoms with Gasteiger partial charge in [0.05, 0.1) is 5.56 Å². The van der Waals surface area contributed by atoms with E-state index in [4.69, 9.17) is 11.6 Å². The largest absolute Gasteiger partial charge is 0.309 e. The quantitative estimate of drug-likeness (QED) is 0.764. The normalized spacial score (nSPS) is 11.2. The summed E-state index contributed by atoms with van der Waals surface area (Å²) >= 11 is 5.36. The SMILES string of the molecule is CC(C)c1ccc(C(=O)Cl)c(=O)n1C(C)C. The topological polar surface area (TPSA) is 39.1 Å². The number of rotatable bonds is 3. The summed E-state index contributed by atoms with van der Waals surface area (Å²) in [7, 11) is 0. The molecule has 0 unspecified atom stereocenters. The second kappa shape index (κ2) is 4.83. The van der Waals surface area contributed by atoms with E-state index in [0.29, 0.717) is 0 Å². The maximum Gasteiger partial charge on any atom is 0.263 e. The molecule has 1 rings (SSSR count). The zero-order chi connectivity index (χ0) is 12.5. The Hall–Kier alpha value is -1.09. The van der Waals surface area contributed by atoms with Crippen molar-refractivity contribution in [2.24, 2.45) is 0 Å². The fraction of sp³-hybridized carbons (Fsp3) is 0.500. The number of pyridine rings is 1. The molecule has 1 heterocycles. The maximum absolute atomic E-state index is 12.0. The third-order valence-corrected chi connectivity index (χ3v) is 2.67. The first kappa shape index (κ1) is 13.0. The van der Waals surface area contributed by atoms with E-state index >= 15 is 0 Å². The van der Waals surface area contributed by atoms with Crippen molar-refractivity contribution >= 4 is 16.8 Å². The Morgan fingerprint density at radius 3 is 2.19 bits per heavy atom. The van der Waals surface area contributed by atoms with Gasteiger partial charge in [0.15, 0.2) is 0 Å². The Morgan fingerprint density at radius 1 is 1.25 bits per heavy atom. The highest BCUT2D eigenvalue weighted by atomic mass is 35.5. The van der Waals surface area contributed by atoms with Crippen LogP contribution in [-0.2, 0) is 0 Å². The van der Waals surface area contributed by atoms with Gasteiger partial charge in [-0.15, -0.1) is 0 Å². The van der Waals surface area contributed by atoms with Gasteiger partial charge in [0.2, 0.25) is 0 Å². The van der Waals surface area contributed by atoms with Gasteiger partial charge < -0.3 is 4.57 Å². The Balaban J connectivity index is 3.55. The minimum atomic E-state index is -0.699. The summed E-state index contributed by atoms with van der Waals surface area (Å²) < 4.78 is 1.63. The van der Waals surface area contributed by atoms with Crippen molar-refractivity contribution < 1.29 is 4.79 Å². The van der Waals surface area contributed by atoms with Gasteiger partial charge in [0.1, 0.15) is 0 Å². The van der Waals surface area contributed by atoms with Crippen LogP contribution >= 0.6 is 11.6 Å². The number of hydrogen-bond acceptors (Lipinski definition) is 2. The molecule has 1 aromatic rings. The molecule has 4 heteroatoms. The average molecular weight is 242 g/mol. The molecule has 0 saturated carbocycles. The van der Waals surface area contributed by atoms with Crippen molar-refractivity contribution in [2.45, 2.75) is 39.7 Å². The Bertz CT molecular complexity index is 461. The summed E-state index contributed by atoms with van der Waals surface area (Å²) in [6, 6.07) is 3.31. The van der Waals surface area contributed by atoms with Crippen molar-refractivity contribution in [3.8, 4) is 0 Å². The van der Waals surface area contributed by atoms with Gasteiger partial charge in [-0.05, 0) is 43.5 Å². The zero-order valence-corrected chi connectivity index (χ0v) is 10.7. The van der Waals surface area contributed by atoms with Crippen molar-refractivity contribution in [1.82, 2.24) is 4.57 Å². The number of aromatic nitrogens is 1. The summed E-state index contributed by atoms with van der Waals surface area (Å²) in [5, 5.41) is -0.699. The van der Waals surface area contributed by atoms with Crippen LogP contribution in [0.4, 0.5) is 0 Å². The fourth-order valence-corrected chi connectivity index (χ4v) is 1.86. The summed E-state index contributed by atoms with van der Waals surface area (Å²) in [5.74, 6) is 0.231. The molecular formula is C12H16ClNO2. The molecule has 0 aromatic carbocycles. The molecule has 0 fully saturated rings. The lowest BCUT2D eigenvalue weighted by molar-refractivity contribution is 0.107. The van der Waals surface area contributed by atoms with Crippen molar-refractivity contribution in [3.05, 3.63) is 33.7 Å². The Kier molecular flexibility index (Phi) is 3.92. The summed E-state index contributed by atoms with van der Waals surface area (Å²) in [6.45, 7) is 7.84. The van der Waals surface area contributed by atoms with Crippen LogP contribution in [-0.4, -0.2) is 9.81 Å². The number of hydrogen-bond donors (Lipinski definition) is 0. The summed E-state index contributed by atoms with van der Waals surface area (Å²) in [4.78, 5) is 23.1. The van der Waals surface area contributed by atoms with Crippen LogP contribution < -0.4 is 5.56 Å². The van der Waals surface area contributed by atoms with Crippen molar-refractivity contribution in [2.75, 3.05) is 0 Å². The molecule has 3 nitrogen and oxygen atoms in total. The van der Waals surface area contributed by atoms with E-state index in [9.17, 15) is 9.59 Å². The van der Waals surface area contributed by atoms with Crippen LogP contribution in [0.1, 0.15) is 55.7 Å². The maximum atomic E-state index is 12.0. The number of halogens is 1. The molecule has 0 aliphatic heterocycles. The monoisotopic (exact) mass is 241 g/mol. The minimum absolute atomic E-state index is 0.0147. The summed E-state index contributed by atoms with van der Waals surface area (Å²) in [5.41, 5.74) is 0.655. The molecule has 0 radical (unpaired) electrons. The lowest BCUT2D eigenvalue weighted by atomic mass is 10.1. The van der Waals surface area contributed by atoms with Crippen LogP contribution in [0.3, 0.4) is 0 Å². The molecule has 0 saturated heterocycles. The predicted molar refractivity (Wildman–Crippen MR) is 65.4 cm³/mol. The van der Waals surface area contributed by atoms with Gasteiger partial charge in [-0.2, -0.15) is 0 Å². The second-order valence-corrected chi connectivity index (χ2v) is 4.71. The van der Waals surface area contributed by atoms with Gasteiger partial charge in [-0.3, -0.25) is 9.59 Å². The second-order valence-electron chi connectivity index (χ2n) is 4.37. The van der Waals surface area contributed by atoms with E-state index in [2.05, 4.69) is 0 Å². The number of carbonyl (C=O) groups excluding carboxylic acids is 1. The van der Waals surface area contributed by atoms with Crippen molar-refractivity contribution in [3.63, 3.8) is 0 Å². The van der Waals surface area contributed by atoms with Gasteiger partial charge in [-0.1, -0.05) is 13.8 Å². The fourth-order valence-electron chi connectivity index (χ4n) is 1.72. The third-order valence-electron chi connectivity index (χ3n) is 2.47. The predicted octanol–water partition coefficient (Wildman–Crippen LogP) is 2.93. The zero-order valence-electron chi connectivity index (χ0n) is 9.95. The minimum Gasteiger partial charge on any atom is -0.309 e. The van der Waals surface area contributed by atoms with Crippen LogP contribution in [0.15, 0.2) is 16.9 Å². The van der Waals surface area contributed by atoms with Crippen LogP contribution in [0.25, 0.3) is 0 Å². The highest BCUT2D eigenvalue weighted by molar-refractivity contribution is 6.67. The van der Waals surface area contributed by atoms with Crippen LogP contribution in [0, 0.1) is 0 Å². The molecule has 0 aliphatic rings. The summed E-state index contributed by atoms with van der Waals surface area (Å²) in [6.07, 6.45) is 0. The molecule has 88 valence electrons. The first-order valence-electron chi connectivity index (χ1n) is 5.31. The smallest absolute Gasteiger partial charge is 0.263 e. The molecular weight excluding hydrogens is 226 g/mol. The number of carbonyl (C=O) groups is 1. The molecule has 0 N–H and O–H groups in total. The average Bonchev–Trinajstić information content (AvgIpc) is 2.15. The van der Waals surface area contributed by atoms with Gasteiger partial charge in [0, 0.05) is 11.7 Å². The lowest BCUT2D eigenvalue weighted by Crippen LogP contribution is -2.29. The van der Waals surface area contributed by atoms with Gasteiger partial charge >= 0.3 is 0 Å². The highest BCUT2D eigenvalue weighted by Crippen LogP contribution is 2.17. The van der Waals surface area contributed by atoms with E-state index in [0.717, 1.165) is 5.69 Å². The molecule has 0 bridgehead atoms.